The minimum Gasteiger partial charge on any atom is -0.384 e. The monoisotopic (exact) mass is 160 g/mol. The van der Waals surface area contributed by atoms with Gasteiger partial charge in [-0.1, -0.05) is 12.2 Å². The van der Waals surface area contributed by atoms with Crippen LogP contribution in [0.25, 0.3) is 6.08 Å². The van der Waals surface area contributed by atoms with E-state index < -0.39 is 0 Å². The highest BCUT2D eigenvalue weighted by molar-refractivity contribution is 5.50. The SMILES string of the molecule is Nc1ccc(C=CC2CC2)cn1. The second kappa shape index (κ2) is 2.97. The van der Waals surface area contributed by atoms with Crippen LogP contribution in [0.4, 0.5) is 5.82 Å². The number of pyridine rings is 1. The van der Waals surface area contributed by atoms with Crippen molar-refractivity contribution in [1.82, 2.24) is 4.98 Å². The third kappa shape index (κ3) is 1.84. The zero-order valence-electron chi connectivity index (χ0n) is 6.90. The molecule has 2 N–H and O–H groups in total. The van der Waals surface area contributed by atoms with Gasteiger partial charge in [-0.25, -0.2) is 4.98 Å². The lowest BCUT2D eigenvalue weighted by Crippen LogP contribution is -1.87. The van der Waals surface area contributed by atoms with E-state index >= 15 is 0 Å². The van der Waals surface area contributed by atoms with Crippen molar-refractivity contribution in [3.05, 3.63) is 30.0 Å². The van der Waals surface area contributed by atoms with Gasteiger partial charge in [0.2, 0.25) is 0 Å². The van der Waals surface area contributed by atoms with Crippen LogP contribution in [0.5, 0.6) is 0 Å². The van der Waals surface area contributed by atoms with Crippen molar-refractivity contribution in [1.29, 1.82) is 0 Å². The number of hydrogen-bond donors (Lipinski definition) is 1. The molecule has 1 aromatic heterocycles. The summed E-state index contributed by atoms with van der Waals surface area (Å²) < 4.78 is 0. The first kappa shape index (κ1) is 7.35. The van der Waals surface area contributed by atoms with Crippen molar-refractivity contribution in [3.63, 3.8) is 0 Å². The topological polar surface area (TPSA) is 38.9 Å². The highest BCUT2D eigenvalue weighted by atomic mass is 14.8. The molecule has 0 aromatic carbocycles. The van der Waals surface area contributed by atoms with Crippen LogP contribution in [0.1, 0.15) is 18.4 Å². The summed E-state index contributed by atoms with van der Waals surface area (Å²) in [6.45, 7) is 0. The van der Waals surface area contributed by atoms with Crippen molar-refractivity contribution >= 4 is 11.9 Å². The van der Waals surface area contributed by atoms with Gasteiger partial charge in [-0.2, -0.15) is 0 Å². The summed E-state index contributed by atoms with van der Waals surface area (Å²) in [7, 11) is 0. The van der Waals surface area contributed by atoms with Gasteiger partial charge in [0.25, 0.3) is 0 Å². The Hall–Kier alpha value is -1.31. The van der Waals surface area contributed by atoms with Crippen LogP contribution in [0.2, 0.25) is 0 Å². The van der Waals surface area contributed by atoms with E-state index in [1.165, 1.54) is 12.8 Å². The minimum atomic E-state index is 0.582. The standard InChI is InChI=1S/C10H12N2/c11-10-6-5-9(7-12-10)4-3-8-1-2-8/h3-8H,1-2H2,(H2,11,12). The molecule has 1 fully saturated rings. The molecule has 0 bridgehead atoms. The fourth-order valence-corrected chi connectivity index (χ4v) is 1.05. The summed E-state index contributed by atoms with van der Waals surface area (Å²) in [4.78, 5) is 4.00. The summed E-state index contributed by atoms with van der Waals surface area (Å²) in [6, 6.07) is 3.81. The van der Waals surface area contributed by atoms with Gasteiger partial charge in [0, 0.05) is 6.20 Å². The van der Waals surface area contributed by atoms with Crippen LogP contribution in [-0.4, -0.2) is 4.98 Å². The average Bonchev–Trinajstić information content (AvgIpc) is 2.87. The molecule has 12 heavy (non-hydrogen) atoms. The molecule has 1 aromatic rings. The van der Waals surface area contributed by atoms with Crippen LogP contribution in [0.15, 0.2) is 24.4 Å². The molecule has 1 saturated carbocycles. The van der Waals surface area contributed by atoms with Crippen molar-refractivity contribution in [2.24, 2.45) is 5.92 Å². The average molecular weight is 160 g/mol. The summed E-state index contributed by atoms with van der Waals surface area (Å²) in [5.41, 5.74) is 6.60. The van der Waals surface area contributed by atoms with Crippen molar-refractivity contribution in [2.75, 3.05) is 5.73 Å². The van der Waals surface area contributed by atoms with Crippen LogP contribution in [0, 0.1) is 5.92 Å². The molecule has 1 aliphatic carbocycles. The number of rotatable bonds is 2. The van der Waals surface area contributed by atoms with E-state index in [9.17, 15) is 0 Å². The van der Waals surface area contributed by atoms with Crippen molar-refractivity contribution in [2.45, 2.75) is 12.8 Å². The molecule has 1 heterocycles. The van der Waals surface area contributed by atoms with E-state index in [2.05, 4.69) is 17.1 Å². The molecule has 2 nitrogen and oxygen atoms in total. The van der Waals surface area contributed by atoms with Crippen LogP contribution in [0.3, 0.4) is 0 Å². The molecule has 2 rings (SSSR count). The van der Waals surface area contributed by atoms with Gasteiger partial charge in [-0.05, 0) is 36.5 Å². The molecule has 0 saturated heterocycles. The van der Waals surface area contributed by atoms with Crippen molar-refractivity contribution in [3.8, 4) is 0 Å². The fourth-order valence-electron chi connectivity index (χ4n) is 1.05. The Morgan fingerprint density at radius 1 is 1.42 bits per heavy atom. The molecule has 1 aliphatic rings. The van der Waals surface area contributed by atoms with E-state index in [-0.39, 0.29) is 0 Å². The molecule has 62 valence electrons. The summed E-state index contributed by atoms with van der Waals surface area (Å²) in [5.74, 6) is 1.40. The second-order valence-corrected chi connectivity index (χ2v) is 3.21. The van der Waals surface area contributed by atoms with Gasteiger partial charge >= 0.3 is 0 Å². The number of anilines is 1. The van der Waals surface area contributed by atoms with Gasteiger partial charge in [0.05, 0.1) is 0 Å². The third-order valence-corrected chi connectivity index (χ3v) is 1.99. The molecule has 0 atom stereocenters. The van der Waals surface area contributed by atoms with Gasteiger partial charge in [0.1, 0.15) is 5.82 Å². The second-order valence-electron chi connectivity index (χ2n) is 3.21. The summed E-state index contributed by atoms with van der Waals surface area (Å²) in [6.07, 6.45) is 8.85. The molecule has 0 unspecified atom stereocenters. The van der Waals surface area contributed by atoms with Gasteiger partial charge in [-0.15, -0.1) is 0 Å². The first-order chi connectivity index (χ1) is 5.84. The van der Waals surface area contributed by atoms with E-state index in [0.717, 1.165) is 11.5 Å². The first-order valence-electron chi connectivity index (χ1n) is 4.24. The smallest absolute Gasteiger partial charge is 0.123 e. The molecule has 0 amide bonds. The number of nitrogens with zero attached hydrogens (tertiary/aromatic N) is 1. The maximum atomic E-state index is 5.46. The largest absolute Gasteiger partial charge is 0.384 e. The molecule has 0 spiro atoms. The molecule has 2 heteroatoms. The lowest BCUT2D eigenvalue weighted by Gasteiger charge is -1.92. The molecular weight excluding hydrogens is 148 g/mol. The highest BCUT2D eigenvalue weighted by Crippen LogP contribution is 2.30. The van der Waals surface area contributed by atoms with E-state index in [1.807, 2.05) is 12.1 Å². The summed E-state index contributed by atoms with van der Waals surface area (Å²) in [5, 5.41) is 0. The van der Waals surface area contributed by atoms with E-state index in [4.69, 9.17) is 5.73 Å². The van der Waals surface area contributed by atoms with E-state index in [0.29, 0.717) is 5.82 Å². The molecule has 0 radical (unpaired) electrons. The number of aromatic nitrogens is 1. The van der Waals surface area contributed by atoms with Gasteiger partial charge in [0.15, 0.2) is 0 Å². The normalized spacial score (nSPS) is 17.0. The maximum absolute atomic E-state index is 5.46. The Kier molecular flexibility index (Phi) is 1.82. The Morgan fingerprint density at radius 2 is 2.25 bits per heavy atom. The quantitative estimate of drug-likeness (QED) is 0.719. The summed E-state index contributed by atoms with van der Waals surface area (Å²) >= 11 is 0. The zero-order valence-corrected chi connectivity index (χ0v) is 6.90. The van der Waals surface area contributed by atoms with Crippen molar-refractivity contribution < 1.29 is 0 Å². The first-order valence-corrected chi connectivity index (χ1v) is 4.24. The highest BCUT2D eigenvalue weighted by Gasteiger charge is 2.16. The lowest BCUT2D eigenvalue weighted by atomic mass is 10.2. The van der Waals surface area contributed by atoms with E-state index in [1.54, 1.807) is 6.20 Å². The number of hydrogen-bond acceptors (Lipinski definition) is 2. The minimum absolute atomic E-state index is 0.582. The van der Waals surface area contributed by atoms with Gasteiger partial charge < -0.3 is 5.73 Å². The Bertz CT molecular complexity index is 283. The zero-order chi connectivity index (χ0) is 8.39. The van der Waals surface area contributed by atoms with Crippen LogP contribution >= 0.6 is 0 Å². The van der Waals surface area contributed by atoms with Crippen LogP contribution < -0.4 is 5.73 Å². The Balaban J connectivity index is 2.07. The van der Waals surface area contributed by atoms with Gasteiger partial charge in [-0.3, -0.25) is 0 Å². The Labute approximate surface area is 72.1 Å². The number of nitrogen functional groups attached to an aromatic ring is 1. The molecular formula is C10H12N2. The number of allylic oxidation sites excluding steroid dienone is 1. The lowest BCUT2D eigenvalue weighted by molar-refractivity contribution is 1.13. The predicted octanol–water partition coefficient (Wildman–Crippen LogP) is 2.09. The predicted molar refractivity (Wildman–Crippen MR) is 50.4 cm³/mol. The fraction of sp³-hybridized carbons (Fsp3) is 0.300. The third-order valence-electron chi connectivity index (χ3n) is 1.99. The Morgan fingerprint density at radius 3 is 2.83 bits per heavy atom. The van der Waals surface area contributed by atoms with Crippen LogP contribution in [-0.2, 0) is 0 Å². The molecule has 0 aliphatic heterocycles. The maximum Gasteiger partial charge on any atom is 0.123 e. The number of nitrogens with two attached hydrogens (primary N) is 1.